The van der Waals surface area contributed by atoms with Crippen molar-refractivity contribution >= 4 is 37.1 Å². The van der Waals surface area contributed by atoms with Crippen molar-refractivity contribution in [2.24, 2.45) is 0 Å². The second-order valence-electron chi connectivity index (χ2n) is 3.34. The Balaban J connectivity index is 2.38. The normalized spacial score (nSPS) is 13.5. The molecule has 1 aromatic heterocycles. The second kappa shape index (κ2) is 4.88. The van der Waals surface area contributed by atoms with Crippen molar-refractivity contribution < 1.29 is 12.8 Å². The first-order valence-corrected chi connectivity index (χ1v) is 8.03. The molecule has 90 valence electrons. The molecule has 0 aliphatic heterocycles. The number of halogens is 2. The molecular formula is C11H8BrFO2S2. The van der Waals surface area contributed by atoms with Gasteiger partial charge in [0.2, 0.25) is 9.84 Å². The van der Waals surface area contributed by atoms with E-state index in [1.54, 1.807) is 17.5 Å². The molecule has 1 atom stereocenters. The highest BCUT2D eigenvalue weighted by Gasteiger charge is 2.27. The van der Waals surface area contributed by atoms with Gasteiger partial charge in [-0.1, -0.05) is 34.1 Å². The smallest absolute Gasteiger partial charge is 0.204 e. The number of benzene rings is 1. The average Bonchev–Trinajstić information content (AvgIpc) is 2.83. The number of rotatable bonds is 3. The molecule has 0 saturated carbocycles. The fourth-order valence-corrected chi connectivity index (χ4v) is 5.03. The van der Waals surface area contributed by atoms with Crippen molar-refractivity contribution in [1.82, 2.24) is 0 Å². The van der Waals surface area contributed by atoms with E-state index in [0.717, 1.165) is 11.3 Å². The Hall–Kier alpha value is -0.720. The van der Waals surface area contributed by atoms with Crippen molar-refractivity contribution in [2.45, 2.75) is 8.37 Å². The van der Waals surface area contributed by atoms with Gasteiger partial charge in [0.05, 0.1) is 0 Å². The lowest BCUT2D eigenvalue weighted by Crippen LogP contribution is -2.06. The Morgan fingerprint density at radius 2 is 1.82 bits per heavy atom. The highest BCUT2D eigenvalue weighted by atomic mass is 79.9. The summed E-state index contributed by atoms with van der Waals surface area (Å²) in [5, 5.41) is 1.71. The summed E-state index contributed by atoms with van der Waals surface area (Å²) < 4.78 is 36.5. The molecule has 0 spiro atoms. The number of hydrogen-bond donors (Lipinski definition) is 0. The Bertz CT molecular complexity index is 591. The van der Waals surface area contributed by atoms with Gasteiger partial charge in [0.25, 0.3) is 0 Å². The standard InChI is InChI=1S/C11H8BrFO2S2/c12-11(8-3-5-9(13)6-4-8)17(14,15)10-2-1-7-16-10/h1-7,11H. The molecule has 1 unspecified atom stereocenters. The van der Waals surface area contributed by atoms with E-state index in [4.69, 9.17) is 0 Å². The quantitative estimate of drug-likeness (QED) is 0.801. The molecule has 2 rings (SSSR count). The van der Waals surface area contributed by atoms with E-state index >= 15 is 0 Å². The first kappa shape index (κ1) is 12.7. The van der Waals surface area contributed by atoms with E-state index in [1.807, 2.05) is 0 Å². The van der Waals surface area contributed by atoms with Crippen LogP contribution in [0, 0.1) is 5.82 Å². The predicted octanol–water partition coefficient (Wildman–Crippen LogP) is 3.75. The number of hydrogen-bond acceptors (Lipinski definition) is 3. The van der Waals surface area contributed by atoms with Crippen LogP contribution in [0.4, 0.5) is 4.39 Å². The molecule has 0 aliphatic carbocycles. The third-order valence-corrected chi connectivity index (χ3v) is 7.35. The third kappa shape index (κ3) is 2.59. The lowest BCUT2D eigenvalue weighted by Gasteiger charge is -2.10. The fraction of sp³-hybridized carbons (Fsp3) is 0.0909. The highest BCUT2D eigenvalue weighted by Crippen LogP contribution is 2.35. The van der Waals surface area contributed by atoms with Crippen LogP contribution in [0.2, 0.25) is 0 Å². The van der Waals surface area contributed by atoms with Gasteiger partial charge in [0, 0.05) is 0 Å². The molecule has 17 heavy (non-hydrogen) atoms. The van der Waals surface area contributed by atoms with Crippen molar-refractivity contribution in [3.8, 4) is 0 Å². The van der Waals surface area contributed by atoms with Crippen LogP contribution in [-0.2, 0) is 9.84 Å². The van der Waals surface area contributed by atoms with Crippen LogP contribution in [0.5, 0.6) is 0 Å². The number of alkyl halides is 1. The van der Waals surface area contributed by atoms with Gasteiger partial charge in [-0.25, -0.2) is 12.8 Å². The molecule has 0 amide bonds. The maximum atomic E-state index is 12.8. The molecule has 0 N–H and O–H groups in total. The molecule has 2 aromatic rings. The minimum atomic E-state index is -3.45. The average molecular weight is 335 g/mol. The van der Waals surface area contributed by atoms with E-state index in [0.29, 0.717) is 9.77 Å². The molecule has 6 heteroatoms. The van der Waals surface area contributed by atoms with Crippen molar-refractivity contribution in [3.63, 3.8) is 0 Å². The molecule has 0 radical (unpaired) electrons. The molecule has 0 fully saturated rings. The molecule has 1 aromatic carbocycles. The van der Waals surface area contributed by atoms with Gasteiger partial charge in [-0.15, -0.1) is 11.3 Å². The Morgan fingerprint density at radius 3 is 2.35 bits per heavy atom. The Labute approximate surface area is 111 Å². The summed E-state index contributed by atoms with van der Waals surface area (Å²) in [7, 11) is -3.45. The fourth-order valence-electron chi connectivity index (χ4n) is 1.32. The number of thiophene rings is 1. The summed E-state index contributed by atoms with van der Waals surface area (Å²) in [6.07, 6.45) is 0. The summed E-state index contributed by atoms with van der Waals surface area (Å²) in [6.45, 7) is 0. The lowest BCUT2D eigenvalue weighted by molar-refractivity contribution is 0.596. The van der Waals surface area contributed by atoms with Gasteiger partial charge in [0.1, 0.15) is 14.2 Å². The third-order valence-electron chi connectivity index (χ3n) is 2.18. The van der Waals surface area contributed by atoms with Gasteiger partial charge in [-0.3, -0.25) is 0 Å². The van der Waals surface area contributed by atoms with Crippen LogP contribution in [0.1, 0.15) is 9.72 Å². The van der Waals surface area contributed by atoms with Gasteiger partial charge in [0.15, 0.2) is 0 Å². The number of sulfone groups is 1. The van der Waals surface area contributed by atoms with Crippen molar-refractivity contribution in [1.29, 1.82) is 0 Å². The van der Waals surface area contributed by atoms with Gasteiger partial charge >= 0.3 is 0 Å². The largest absolute Gasteiger partial charge is 0.221 e. The van der Waals surface area contributed by atoms with Gasteiger partial charge in [-0.2, -0.15) is 0 Å². The minimum absolute atomic E-state index is 0.295. The van der Waals surface area contributed by atoms with Gasteiger partial charge < -0.3 is 0 Å². The summed E-state index contributed by atoms with van der Waals surface area (Å²) in [5.41, 5.74) is 0.514. The first-order chi connectivity index (χ1) is 8.01. The van der Waals surface area contributed by atoms with Crippen LogP contribution in [0.3, 0.4) is 0 Å². The van der Waals surface area contributed by atoms with Gasteiger partial charge in [-0.05, 0) is 29.1 Å². The van der Waals surface area contributed by atoms with Crippen LogP contribution in [0.25, 0.3) is 0 Å². The monoisotopic (exact) mass is 334 g/mol. The summed E-state index contributed by atoms with van der Waals surface area (Å²) in [6, 6.07) is 8.64. The zero-order valence-electron chi connectivity index (χ0n) is 8.51. The molecule has 0 aliphatic rings. The summed E-state index contributed by atoms with van der Waals surface area (Å²) in [5.74, 6) is -0.387. The second-order valence-corrected chi connectivity index (χ2v) is 8.07. The molecule has 1 heterocycles. The van der Waals surface area contributed by atoms with E-state index in [9.17, 15) is 12.8 Å². The van der Waals surface area contributed by atoms with Crippen LogP contribution >= 0.6 is 27.3 Å². The van der Waals surface area contributed by atoms with Crippen molar-refractivity contribution in [3.05, 3.63) is 53.2 Å². The summed E-state index contributed by atoms with van der Waals surface area (Å²) in [4.78, 5) is 0. The summed E-state index contributed by atoms with van der Waals surface area (Å²) >= 11 is 4.31. The zero-order valence-corrected chi connectivity index (χ0v) is 11.7. The van der Waals surface area contributed by atoms with E-state index in [-0.39, 0.29) is 5.82 Å². The first-order valence-electron chi connectivity index (χ1n) is 4.69. The topological polar surface area (TPSA) is 34.1 Å². The molecular weight excluding hydrogens is 327 g/mol. The van der Waals surface area contributed by atoms with E-state index < -0.39 is 14.0 Å². The lowest BCUT2D eigenvalue weighted by atomic mass is 10.2. The molecule has 2 nitrogen and oxygen atoms in total. The van der Waals surface area contributed by atoms with Crippen LogP contribution in [0.15, 0.2) is 46.0 Å². The maximum absolute atomic E-state index is 12.8. The maximum Gasteiger partial charge on any atom is 0.204 e. The Kier molecular flexibility index (Phi) is 3.65. The van der Waals surface area contributed by atoms with E-state index in [2.05, 4.69) is 15.9 Å². The SMILES string of the molecule is O=S(=O)(c1cccs1)C(Br)c1ccc(F)cc1. The minimum Gasteiger partial charge on any atom is -0.221 e. The van der Waals surface area contributed by atoms with Crippen molar-refractivity contribution in [2.75, 3.05) is 0 Å². The molecule has 0 saturated heterocycles. The highest BCUT2D eigenvalue weighted by molar-refractivity contribution is 9.10. The zero-order chi connectivity index (χ0) is 12.5. The van der Waals surface area contributed by atoms with E-state index in [1.165, 1.54) is 24.3 Å². The predicted molar refractivity (Wildman–Crippen MR) is 69.6 cm³/mol. The van der Waals surface area contributed by atoms with Crippen LogP contribution < -0.4 is 0 Å². The molecule has 0 bridgehead atoms. The Morgan fingerprint density at radius 1 is 1.18 bits per heavy atom. The van der Waals surface area contributed by atoms with Crippen LogP contribution in [-0.4, -0.2) is 8.42 Å².